The number of nitrogens with zero attached hydrogens (tertiary/aromatic N) is 1. The maximum atomic E-state index is 13.3. The summed E-state index contributed by atoms with van der Waals surface area (Å²) in [7, 11) is -7.42. The van der Waals surface area contributed by atoms with E-state index in [1.807, 2.05) is 0 Å². The largest absolute Gasteiger partial charge is 0.348 e. The molecule has 1 aliphatic heterocycles. The summed E-state index contributed by atoms with van der Waals surface area (Å²) in [5.41, 5.74) is 0.216. The Kier molecular flexibility index (Phi) is 6.73. The van der Waals surface area contributed by atoms with Gasteiger partial charge in [-0.25, -0.2) is 21.2 Å². The van der Waals surface area contributed by atoms with Crippen LogP contribution in [0.2, 0.25) is 5.02 Å². The molecule has 0 aliphatic carbocycles. The van der Waals surface area contributed by atoms with Gasteiger partial charge in [-0.3, -0.25) is 9.10 Å². The van der Waals surface area contributed by atoms with Crippen molar-refractivity contribution in [1.29, 1.82) is 0 Å². The third-order valence-electron chi connectivity index (χ3n) is 4.74. The van der Waals surface area contributed by atoms with E-state index in [-0.39, 0.29) is 39.2 Å². The second kappa shape index (κ2) is 8.97. The molecule has 1 aliphatic rings. The maximum Gasteiger partial charge on any atom is 0.266 e. The number of nitrogens with one attached hydrogen (secondary N) is 1. The van der Waals surface area contributed by atoms with Crippen LogP contribution in [0.25, 0.3) is 0 Å². The molecule has 1 atom stereocenters. The standard InChI is InChI=1S/C20H20ClFN2O5S2/c1-2-10-24(17-6-4-15(22)5-7-17)31(28,29)19-12-14(3-8-18(19)21)20(25)23-16-9-11-30(26,27)13-16/h2-8,12,16H,1,9-11,13H2,(H,23,25). The van der Waals surface area contributed by atoms with Gasteiger partial charge in [0.2, 0.25) is 0 Å². The zero-order chi connectivity index (χ0) is 22.8. The molecular weight excluding hydrogens is 467 g/mol. The van der Waals surface area contributed by atoms with E-state index in [1.165, 1.54) is 30.3 Å². The highest BCUT2D eigenvalue weighted by atomic mass is 35.5. The van der Waals surface area contributed by atoms with Crippen LogP contribution < -0.4 is 9.62 Å². The molecular formula is C20H20ClFN2O5S2. The number of carbonyl (C=O) groups is 1. The molecule has 2 aromatic rings. The smallest absolute Gasteiger partial charge is 0.266 e. The Morgan fingerprint density at radius 1 is 1.26 bits per heavy atom. The Hall–Kier alpha value is -2.43. The highest BCUT2D eigenvalue weighted by Gasteiger charge is 2.31. The third-order valence-corrected chi connectivity index (χ3v) is 8.78. The second-order valence-corrected chi connectivity index (χ2v) is 11.5. The van der Waals surface area contributed by atoms with Crippen LogP contribution in [0.1, 0.15) is 16.8 Å². The Morgan fingerprint density at radius 3 is 2.52 bits per heavy atom. The van der Waals surface area contributed by atoms with Crippen molar-refractivity contribution in [3.8, 4) is 0 Å². The van der Waals surface area contributed by atoms with Crippen molar-refractivity contribution in [2.75, 3.05) is 22.4 Å². The van der Waals surface area contributed by atoms with Crippen LogP contribution >= 0.6 is 11.6 Å². The van der Waals surface area contributed by atoms with Gasteiger partial charge in [0.05, 0.1) is 28.8 Å². The van der Waals surface area contributed by atoms with Crippen molar-refractivity contribution >= 4 is 43.1 Å². The lowest BCUT2D eigenvalue weighted by molar-refractivity contribution is 0.0941. The monoisotopic (exact) mass is 486 g/mol. The van der Waals surface area contributed by atoms with E-state index < -0.39 is 37.6 Å². The van der Waals surface area contributed by atoms with Gasteiger partial charge in [-0.15, -0.1) is 6.58 Å². The van der Waals surface area contributed by atoms with Crippen LogP contribution in [0.4, 0.5) is 10.1 Å². The van der Waals surface area contributed by atoms with E-state index in [9.17, 15) is 26.0 Å². The summed E-state index contributed by atoms with van der Waals surface area (Å²) in [4.78, 5) is 12.3. The fourth-order valence-electron chi connectivity index (χ4n) is 3.21. The van der Waals surface area contributed by atoms with Gasteiger partial charge in [-0.1, -0.05) is 17.7 Å². The molecule has 0 bridgehead atoms. The van der Waals surface area contributed by atoms with Crippen molar-refractivity contribution in [1.82, 2.24) is 5.32 Å². The Bertz CT molecular complexity index is 1210. The molecule has 7 nitrogen and oxygen atoms in total. The van der Waals surface area contributed by atoms with Crippen LogP contribution in [0.5, 0.6) is 0 Å². The zero-order valence-electron chi connectivity index (χ0n) is 16.3. The van der Waals surface area contributed by atoms with E-state index in [0.29, 0.717) is 6.42 Å². The molecule has 11 heteroatoms. The summed E-state index contributed by atoms with van der Waals surface area (Å²) >= 11 is 6.15. The Balaban J connectivity index is 1.94. The number of halogens is 2. The molecule has 0 aromatic heterocycles. The minimum atomic E-state index is -4.23. The molecule has 0 spiro atoms. The molecule has 1 unspecified atom stereocenters. The molecule has 166 valence electrons. The van der Waals surface area contributed by atoms with Crippen LogP contribution in [-0.2, 0) is 19.9 Å². The van der Waals surface area contributed by atoms with E-state index in [1.54, 1.807) is 0 Å². The molecule has 0 saturated carbocycles. The summed E-state index contributed by atoms with van der Waals surface area (Å²) in [6, 6.07) is 8.11. The van der Waals surface area contributed by atoms with Gasteiger partial charge in [0.1, 0.15) is 10.7 Å². The summed E-state index contributed by atoms with van der Waals surface area (Å²) in [6.45, 7) is 3.45. The lowest BCUT2D eigenvalue weighted by Gasteiger charge is -2.24. The molecule has 0 radical (unpaired) electrons. The van der Waals surface area contributed by atoms with Gasteiger partial charge >= 0.3 is 0 Å². The SMILES string of the molecule is C=CCN(c1ccc(F)cc1)S(=O)(=O)c1cc(C(=O)NC2CCS(=O)(=O)C2)ccc1Cl. The number of amides is 1. The number of sulfone groups is 1. The lowest BCUT2D eigenvalue weighted by Crippen LogP contribution is -2.36. The molecule has 3 rings (SSSR count). The minimum Gasteiger partial charge on any atom is -0.348 e. The molecule has 1 heterocycles. The minimum absolute atomic E-state index is 0.00756. The maximum absolute atomic E-state index is 13.3. The first-order valence-corrected chi connectivity index (χ1v) is 12.9. The van der Waals surface area contributed by atoms with Gasteiger partial charge in [0, 0.05) is 11.6 Å². The summed E-state index contributed by atoms with van der Waals surface area (Å²) in [5, 5.41) is 2.51. The summed E-state index contributed by atoms with van der Waals surface area (Å²) in [5.74, 6) is -1.29. The summed E-state index contributed by atoms with van der Waals surface area (Å²) < 4.78 is 64.1. The van der Waals surface area contributed by atoms with Crippen molar-refractivity contribution in [3.05, 3.63) is 71.5 Å². The van der Waals surface area contributed by atoms with E-state index in [0.717, 1.165) is 22.5 Å². The van der Waals surface area contributed by atoms with Crippen molar-refractivity contribution in [2.24, 2.45) is 0 Å². The van der Waals surface area contributed by atoms with E-state index in [4.69, 9.17) is 11.6 Å². The lowest BCUT2D eigenvalue weighted by atomic mass is 10.2. The van der Waals surface area contributed by atoms with Gasteiger partial charge < -0.3 is 5.32 Å². The molecule has 1 N–H and O–H groups in total. The number of benzene rings is 2. The van der Waals surface area contributed by atoms with E-state index >= 15 is 0 Å². The Morgan fingerprint density at radius 2 is 1.94 bits per heavy atom. The average Bonchev–Trinajstić information content (AvgIpc) is 3.05. The van der Waals surface area contributed by atoms with Crippen LogP contribution in [-0.4, -0.2) is 46.8 Å². The van der Waals surface area contributed by atoms with Crippen LogP contribution in [0.3, 0.4) is 0 Å². The molecule has 2 aromatic carbocycles. The highest BCUT2D eigenvalue weighted by molar-refractivity contribution is 7.93. The number of hydrogen-bond donors (Lipinski definition) is 1. The predicted molar refractivity (Wildman–Crippen MR) is 117 cm³/mol. The fraction of sp³-hybridized carbons (Fsp3) is 0.250. The molecule has 1 amide bonds. The second-order valence-electron chi connectivity index (χ2n) is 7.02. The first kappa shape index (κ1) is 23.2. The van der Waals surface area contributed by atoms with Gasteiger partial charge in [0.15, 0.2) is 9.84 Å². The van der Waals surface area contributed by atoms with Crippen molar-refractivity contribution < 1.29 is 26.0 Å². The van der Waals surface area contributed by atoms with Gasteiger partial charge in [-0.05, 0) is 48.9 Å². The summed E-state index contributed by atoms with van der Waals surface area (Å²) in [6.07, 6.45) is 1.66. The topological polar surface area (TPSA) is 101 Å². The molecule has 31 heavy (non-hydrogen) atoms. The number of sulfonamides is 1. The number of rotatable bonds is 7. The number of hydrogen-bond acceptors (Lipinski definition) is 5. The molecule has 1 fully saturated rings. The van der Waals surface area contributed by atoms with Gasteiger partial charge in [0.25, 0.3) is 15.9 Å². The zero-order valence-corrected chi connectivity index (χ0v) is 18.7. The van der Waals surface area contributed by atoms with Crippen molar-refractivity contribution in [2.45, 2.75) is 17.4 Å². The third kappa shape index (κ3) is 5.25. The fourth-order valence-corrected chi connectivity index (χ4v) is 6.82. The van der Waals surface area contributed by atoms with E-state index in [2.05, 4.69) is 11.9 Å². The van der Waals surface area contributed by atoms with Gasteiger partial charge in [-0.2, -0.15) is 0 Å². The highest BCUT2D eigenvalue weighted by Crippen LogP contribution is 2.29. The average molecular weight is 487 g/mol. The number of carbonyl (C=O) groups excluding carboxylic acids is 1. The number of anilines is 1. The first-order valence-electron chi connectivity index (χ1n) is 9.23. The molecule has 1 saturated heterocycles. The Labute approximate surface area is 185 Å². The van der Waals surface area contributed by atoms with Crippen LogP contribution in [0, 0.1) is 5.82 Å². The first-order chi connectivity index (χ1) is 14.5. The van der Waals surface area contributed by atoms with Crippen LogP contribution in [0.15, 0.2) is 60.0 Å². The quantitative estimate of drug-likeness (QED) is 0.606. The van der Waals surface area contributed by atoms with Crippen molar-refractivity contribution in [3.63, 3.8) is 0 Å². The normalized spacial score (nSPS) is 17.8. The predicted octanol–water partition coefficient (Wildman–Crippen LogP) is 2.78.